The number of rotatable bonds is 4. The molecule has 0 saturated carbocycles. The first-order valence-corrected chi connectivity index (χ1v) is 3.74. The van der Waals surface area contributed by atoms with Crippen molar-refractivity contribution in [3.8, 4) is 0 Å². The van der Waals surface area contributed by atoms with Crippen molar-refractivity contribution in [2.24, 2.45) is 0 Å². The van der Waals surface area contributed by atoms with E-state index in [9.17, 15) is 4.79 Å². The minimum Gasteiger partial charge on any atom is -0.286 e. The van der Waals surface area contributed by atoms with E-state index < -0.39 is 0 Å². The first-order valence-electron chi connectivity index (χ1n) is 3.74. The lowest BCUT2D eigenvalue weighted by atomic mass is 10.2. The summed E-state index contributed by atoms with van der Waals surface area (Å²) in [5.41, 5.74) is 3.26. The molecule has 64 valence electrons. The third kappa shape index (κ3) is 4.56. The molecule has 0 aliphatic heterocycles. The van der Waals surface area contributed by atoms with Crippen LogP contribution in [0.5, 0.6) is 0 Å². The molecule has 0 aromatic rings. The molecule has 0 radical (unpaired) electrons. The topological polar surface area (TPSA) is 32.3 Å². The standard InChI is InChI=1S/C8H16N2O/c1-5-6-7(2)8(11)9-10(3)4/h2,5-6H2,1,3-4H3,(H,9,11). The van der Waals surface area contributed by atoms with Gasteiger partial charge in [0.1, 0.15) is 0 Å². The van der Waals surface area contributed by atoms with Crippen LogP contribution in [0.15, 0.2) is 12.2 Å². The minimum absolute atomic E-state index is 0.0862. The van der Waals surface area contributed by atoms with E-state index in [1.54, 1.807) is 19.1 Å². The molecule has 0 rings (SSSR count). The second-order valence-corrected chi connectivity index (χ2v) is 2.69. The van der Waals surface area contributed by atoms with Gasteiger partial charge >= 0.3 is 0 Å². The summed E-state index contributed by atoms with van der Waals surface area (Å²) < 4.78 is 0. The zero-order valence-corrected chi connectivity index (χ0v) is 7.48. The summed E-state index contributed by atoms with van der Waals surface area (Å²) in [6, 6.07) is 0. The van der Waals surface area contributed by atoms with Gasteiger partial charge in [-0.1, -0.05) is 19.9 Å². The second kappa shape index (κ2) is 4.91. The van der Waals surface area contributed by atoms with Crippen LogP contribution in [0.25, 0.3) is 0 Å². The van der Waals surface area contributed by atoms with Gasteiger partial charge in [-0.3, -0.25) is 10.2 Å². The molecule has 0 unspecified atom stereocenters. The zero-order valence-electron chi connectivity index (χ0n) is 7.48. The van der Waals surface area contributed by atoms with Crippen molar-refractivity contribution in [1.29, 1.82) is 0 Å². The van der Waals surface area contributed by atoms with Crippen LogP contribution in [0.1, 0.15) is 19.8 Å². The largest absolute Gasteiger partial charge is 0.286 e. The Hall–Kier alpha value is -0.830. The highest BCUT2D eigenvalue weighted by molar-refractivity contribution is 5.92. The number of hydrazine groups is 1. The Morgan fingerprint density at radius 3 is 2.45 bits per heavy atom. The van der Waals surface area contributed by atoms with E-state index in [-0.39, 0.29) is 5.91 Å². The van der Waals surface area contributed by atoms with E-state index in [0.717, 1.165) is 12.8 Å². The average molecular weight is 156 g/mol. The summed E-state index contributed by atoms with van der Waals surface area (Å²) in [6.45, 7) is 5.68. The third-order valence-electron chi connectivity index (χ3n) is 1.20. The zero-order chi connectivity index (χ0) is 8.85. The van der Waals surface area contributed by atoms with Gasteiger partial charge in [0.05, 0.1) is 0 Å². The van der Waals surface area contributed by atoms with Crippen molar-refractivity contribution >= 4 is 5.91 Å². The van der Waals surface area contributed by atoms with E-state index >= 15 is 0 Å². The molecule has 0 aromatic heterocycles. The summed E-state index contributed by atoms with van der Waals surface area (Å²) >= 11 is 0. The minimum atomic E-state index is -0.0862. The molecule has 0 aliphatic rings. The summed E-state index contributed by atoms with van der Waals surface area (Å²) in [5, 5.41) is 1.61. The first-order chi connectivity index (χ1) is 5.07. The molecule has 3 nitrogen and oxygen atoms in total. The van der Waals surface area contributed by atoms with Gasteiger partial charge in [-0.15, -0.1) is 0 Å². The highest BCUT2D eigenvalue weighted by atomic mass is 16.2. The van der Waals surface area contributed by atoms with Crippen LogP contribution in [0.4, 0.5) is 0 Å². The molecule has 11 heavy (non-hydrogen) atoms. The Bertz CT molecular complexity index is 152. The number of carbonyl (C=O) groups excluding carboxylic acids is 1. The Balaban J connectivity index is 3.74. The summed E-state index contributed by atoms with van der Waals surface area (Å²) in [5.74, 6) is -0.0862. The molecule has 1 N–H and O–H groups in total. The van der Waals surface area contributed by atoms with E-state index in [4.69, 9.17) is 0 Å². The van der Waals surface area contributed by atoms with Gasteiger partial charge in [0, 0.05) is 19.7 Å². The van der Waals surface area contributed by atoms with Gasteiger partial charge in [-0.2, -0.15) is 0 Å². The van der Waals surface area contributed by atoms with E-state index in [2.05, 4.69) is 12.0 Å². The summed E-state index contributed by atoms with van der Waals surface area (Å²) in [6.07, 6.45) is 1.72. The lowest BCUT2D eigenvalue weighted by Crippen LogP contribution is -2.36. The molecule has 0 aliphatic carbocycles. The number of carbonyl (C=O) groups is 1. The molecule has 0 aromatic carbocycles. The van der Waals surface area contributed by atoms with E-state index in [1.807, 2.05) is 6.92 Å². The van der Waals surface area contributed by atoms with Gasteiger partial charge in [0.15, 0.2) is 0 Å². The molecule has 3 heteroatoms. The SMILES string of the molecule is C=C(CCC)C(=O)NN(C)C. The highest BCUT2D eigenvalue weighted by Crippen LogP contribution is 2.00. The molecule has 0 saturated heterocycles. The third-order valence-corrected chi connectivity index (χ3v) is 1.20. The molecule has 0 heterocycles. The fourth-order valence-electron chi connectivity index (χ4n) is 0.697. The number of nitrogens with one attached hydrogen (secondary N) is 1. The Kier molecular flexibility index (Phi) is 4.54. The first kappa shape index (κ1) is 10.2. The maximum atomic E-state index is 11.1. The lowest BCUT2D eigenvalue weighted by molar-refractivity contribution is -0.121. The number of nitrogens with zero attached hydrogens (tertiary/aromatic N) is 1. The fourth-order valence-corrected chi connectivity index (χ4v) is 0.697. The number of amides is 1. The van der Waals surface area contributed by atoms with Crippen molar-refractivity contribution in [3.63, 3.8) is 0 Å². The van der Waals surface area contributed by atoms with Crippen LogP contribution < -0.4 is 5.43 Å². The van der Waals surface area contributed by atoms with Crippen molar-refractivity contribution < 1.29 is 4.79 Å². The fraction of sp³-hybridized carbons (Fsp3) is 0.625. The van der Waals surface area contributed by atoms with Crippen LogP contribution in [-0.2, 0) is 4.79 Å². The Labute approximate surface area is 68.0 Å². The molecular weight excluding hydrogens is 140 g/mol. The van der Waals surface area contributed by atoms with Crippen molar-refractivity contribution in [2.45, 2.75) is 19.8 Å². The van der Waals surface area contributed by atoms with Crippen molar-refractivity contribution in [3.05, 3.63) is 12.2 Å². The number of hydrogen-bond acceptors (Lipinski definition) is 2. The quantitative estimate of drug-likeness (QED) is 0.485. The summed E-state index contributed by atoms with van der Waals surface area (Å²) in [4.78, 5) is 11.1. The second-order valence-electron chi connectivity index (χ2n) is 2.69. The molecule has 1 amide bonds. The van der Waals surface area contributed by atoms with Crippen LogP contribution >= 0.6 is 0 Å². The molecule has 0 bridgehead atoms. The van der Waals surface area contributed by atoms with Gasteiger partial charge in [0.25, 0.3) is 5.91 Å². The predicted molar refractivity (Wildman–Crippen MR) is 45.9 cm³/mol. The average Bonchev–Trinajstić information content (AvgIpc) is 1.86. The maximum absolute atomic E-state index is 11.1. The van der Waals surface area contributed by atoms with Crippen LogP contribution in [0.3, 0.4) is 0 Å². The summed E-state index contributed by atoms with van der Waals surface area (Å²) in [7, 11) is 3.55. The van der Waals surface area contributed by atoms with Gasteiger partial charge < -0.3 is 0 Å². The highest BCUT2D eigenvalue weighted by Gasteiger charge is 2.04. The monoisotopic (exact) mass is 156 g/mol. The Morgan fingerprint density at radius 2 is 2.09 bits per heavy atom. The maximum Gasteiger partial charge on any atom is 0.260 e. The molecule has 0 fully saturated rings. The number of hydrogen-bond donors (Lipinski definition) is 1. The molecule has 0 spiro atoms. The van der Waals surface area contributed by atoms with Crippen LogP contribution in [0, 0.1) is 0 Å². The van der Waals surface area contributed by atoms with Crippen LogP contribution in [0.2, 0.25) is 0 Å². The van der Waals surface area contributed by atoms with Gasteiger partial charge in [0.2, 0.25) is 0 Å². The van der Waals surface area contributed by atoms with E-state index in [0.29, 0.717) is 5.57 Å². The molecule has 0 atom stereocenters. The lowest BCUT2D eigenvalue weighted by Gasteiger charge is -2.12. The van der Waals surface area contributed by atoms with E-state index in [1.165, 1.54) is 0 Å². The van der Waals surface area contributed by atoms with Crippen molar-refractivity contribution in [2.75, 3.05) is 14.1 Å². The van der Waals surface area contributed by atoms with Crippen LogP contribution in [-0.4, -0.2) is 25.0 Å². The van der Waals surface area contributed by atoms with Gasteiger partial charge in [-0.05, 0) is 6.42 Å². The van der Waals surface area contributed by atoms with Crippen molar-refractivity contribution in [1.82, 2.24) is 10.4 Å². The normalized spacial score (nSPS) is 9.82. The molecular formula is C8H16N2O. The van der Waals surface area contributed by atoms with Gasteiger partial charge in [-0.25, -0.2) is 5.01 Å². The Morgan fingerprint density at radius 1 is 1.55 bits per heavy atom. The smallest absolute Gasteiger partial charge is 0.260 e. The predicted octanol–water partition coefficient (Wildman–Crippen LogP) is 0.935.